The molecule has 1 unspecified atom stereocenters. The number of aryl methyl sites for hydroxylation is 1. The van der Waals surface area contributed by atoms with Gasteiger partial charge >= 0.3 is 6.03 Å². The van der Waals surface area contributed by atoms with E-state index >= 15 is 0 Å². The van der Waals surface area contributed by atoms with Gasteiger partial charge in [-0.05, 0) is 31.0 Å². The normalized spacial score (nSPS) is 12.0. The number of nitrogens with zero attached hydrogens (tertiary/aromatic N) is 2. The van der Waals surface area contributed by atoms with Crippen molar-refractivity contribution >= 4 is 6.03 Å². The van der Waals surface area contributed by atoms with Crippen LogP contribution in [0, 0.1) is 0 Å². The second-order valence-electron chi connectivity index (χ2n) is 5.57. The van der Waals surface area contributed by atoms with Gasteiger partial charge in [-0.3, -0.25) is 0 Å². The van der Waals surface area contributed by atoms with E-state index in [2.05, 4.69) is 20.8 Å². The number of urea groups is 1. The van der Waals surface area contributed by atoms with Gasteiger partial charge in [0, 0.05) is 25.6 Å². The summed E-state index contributed by atoms with van der Waals surface area (Å²) in [4.78, 5) is 16.0. The minimum atomic E-state index is -0.186. The van der Waals surface area contributed by atoms with E-state index in [1.807, 2.05) is 38.1 Å². The van der Waals surface area contributed by atoms with E-state index in [9.17, 15) is 4.79 Å². The summed E-state index contributed by atoms with van der Waals surface area (Å²) in [5.74, 6) is 1.23. The summed E-state index contributed by atoms with van der Waals surface area (Å²) in [7, 11) is 1.61. The standard InChI is InChI=1S/C17H24N4O3/c1-4-15-20-16(24-21-15)14-7-5-13(6-8-14)9-10-18-17(22)19-12(2)11-23-3/h5-8,12H,4,9-11H2,1-3H3,(H2,18,19,22). The first kappa shape index (κ1) is 17.9. The van der Waals surface area contributed by atoms with Crippen LogP contribution in [-0.4, -0.2) is 42.5 Å². The quantitative estimate of drug-likeness (QED) is 0.773. The van der Waals surface area contributed by atoms with Crippen LogP contribution in [0.1, 0.15) is 25.2 Å². The van der Waals surface area contributed by atoms with Gasteiger partial charge in [0.1, 0.15) is 0 Å². The molecule has 2 N–H and O–H groups in total. The average molecular weight is 332 g/mol. The monoisotopic (exact) mass is 332 g/mol. The van der Waals surface area contributed by atoms with Crippen molar-refractivity contribution in [1.29, 1.82) is 0 Å². The maximum absolute atomic E-state index is 11.7. The number of hydrogen-bond acceptors (Lipinski definition) is 5. The Labute approximate surface area is 141 Å². The number of carbonyl (C=O) groups is 1. The third kappa shape index (κ3) is 5.34. The Kier molecular flexibility index (Phi) is 6.74. The molecule has 7 heteroatoms. The molecule has 2 amide bonds. The van der Waals surface area contributed by atoms with Crippen molar-refractivity contribution in [3.63, 3.8) is 0 Å². The van der Waals surface area contributed by atoms with Crippen LogP contribution in [0.25, 0.3) is 11.5 Å². The fraction of sp³-hybridized carbons (Fsp3) is 0.471. The number of aromatic nitrogens is 2. The topological polar surface area (TPSA) is 89.3 Å². The second-order valence-corrected chi connectivity index (χ2v) is 5.57. The molecule has 1 aromatic heterocycles. The molecule has 2 aromatic rings. The summed E-state index contributed by atoms with van der Waals surface area (Å²) in [5.41, 5.74) is 2.02. The highest BCUT2D eigenvalue weighted by Crippen LogP contribution is 2.18. The molecule has 0 fully saturated rings. The third-order valence-electron chi connectivity index (χ3n) is 3.48. The molecule has 0 radical (unpaired) electrons. The van der Waals surface area contributed by atoms with Crippen LogP contribution in [0.2, 0.25) is 0 Å². The molecule has 0 spiro atoms. The Bertz CT molecular complexity index is 640. The second kappa shape index (κ2) is 9.02. The van der Waals surface area contributed by atoms with E-state index < -0.39 is 0 Å². The van der Waals surface area contributed by atoms with E-state index in [4.69, 9.17) is 9.26 Å². The number of ether oxygens (including phenoxy) is 1. The fourth-order valence-corrected chi connectivity index (χ4v) is 2.22. The van der Waals surface area contributed by atoms with Crippen LogP contribution < -0.4 is 10.6 Å². The van der Waals surface area contributed by atoms with Crippen molar-refractivity contribution in [2.24, 2.45) is 0 Å². The third-order valence-corrected chi connectivity index (χ3v) is 3.48. The Balaban J connectivity index is 1.78. The Morgan fingerprint density at radius 1 is 1.33 bits per heavy atom. The van der Waals surface area contributed by atoms with Crippen LogP contribution in [0.4, 0.5) is 4.79 Å². The summed E-state index contributed by atoms with van der Waals surface area (Å²) in [6, 6.07) is 7.69. The van der Waals surface area contributed by atoms with Gasteiger partial charge in [0.15, 0.2) is 5.82 Å². The summed E-state index contributed by atoms with van der Waals surface area (Å²) >= 11 is 0. The van der Waals surface area contributed by atoms with Crippen molar-refractivity contribution in [2.75, 3.05) is 20.3 Å². The van der Waals surface area contributed by atoms with E-state index in [1.54, 1.807) is 7.11 Å². The van der Waals surface area contributed by atoms with Gasteiger partial charge in [-0.15, -0.1) is 0 Å². The SMILES string of the molecule is CCc1noc(-c2ccc(CCNC(=O)NC(C)COC)cc2)n1. The number of benzene rings is 1. The molecule has 7 nitrogen and oxygen atoms in total. The van der Waals surface area contributed by atoms with Crippen LogP contribution in [-0.2, 0) is 17.6 Å². The van der Waals surface area contributed by atoms with Crippen LogP contribution in [0.5, 0.6) is 0 Å². The molecular formula is C17H24N4O3. The number of rotatable bonds is 8. The molecule has 24 heavy (non-hydrogen) atoms. The lowest BCUT2D eigenvalue weighted by Gasteiger charge is -2.13. The van der Waals surface area contributed by atoms with Crippen molar-refractivity contribution in [3.8, 4) is 11.5 Å². The van der Waals surface area contributed by atoms with Gasteiger partial charge < -0.3 is 19.9 Å². The Morgan fingerprint density at radius 3 is 2.71 bits per heavy atom. The highest BCUT2D eigenvalue weighted by molar-refractivity contribution is 5.74. The maximum atomic E-state index is 11.7. The predicted octanol–water partition coefficient (Wildman–Crippen LogP) is 2.18. The number of hydrogen-bond donors (Lipinski definition) is 2. The minimum Gasteiger partial charge on any atom is -0.383 e. The zero-order valence-electron chi connectivity index (χ0n) is 14.3. The highest BCUT2D eigenvalue weighted by Gasteiger charge is 2.08. The first-order chi connectivity index (χ1) is 11.6. The number of carbonyl (C=O) groups excluding carboxylic acids is 1. The molecule has 1 atom stereocenters. The molecule has 0 aliphatic heterocycles. The van der Waals surface area contributed by atoms with Crippen molar-refractivity contribution in [1.82, 2.24) is 20.8 Å². The molecule has 0 saturated carbocycles. The maximum Gasteiger partial charge on any atom is 0.315 e. The van der Waals surface area contributed by atoms with Crippen LogP contribution >= 0.6 is 0 Å². The fourth-order valence-electron chi connectivity index (χ4n) is 2.22. The van der Waals surface area contributed by atoms with E-state index in [0.717, 1.165) is 24.0 Å². The van der Waals surface area contributed by atoms with Gasteiger partial charge in [0.25, 0.3) is 5.89 Å². The Morgan fingerprint density at radius 2 is 2.08 bits per heavy atom. The lowest BCUT2D eigenvalue weighted by molar-refractivity contribution is 0.171. The molecule has 1 heterocycles. The lowest BCUT2D eigenvalue weighted by atomic mass is 10.1. The molecule has 1 aromatic carbocycles. The summed E-state index contributed by atoms with van der Waals surface area (Å²) in [6.45, 7) is 4.93. The number of methoxy groups -OCH3 is 1. The highest BCUT2D eigenvalue weighted by atomic mass is 16.5. The van der Waals surface area contributed by atoms with Gasteiger partial charge in [-0.25, -0.2) is 4.79 Å². The molecule has 2 rings (SSSR count). The predicted molar refractivity (Wildman–Crippen MR) is 90.7 cm³/mol. The zero-order chi connectivity index (χ0) is 17.4. The molecule has 0 saturated heterocycles. The van der Waals surface area contributed by atoms with Gasteiger partial charge in [-0.1, -0.05) is 24.2 Å². The van der Waals surface area contributed by atoms with E-state index in [0.29, 0.717) is 24.9 Å². The molecular weight excluding hydrogens is 308 g/mol. The first-order valence-electron chi connectivity index (χ1n) is 8.07. The minimum absolute atomic E-state index is 0.0169. The first-order valence-corrected chi connectivity index (χ1v) is 8.07. The average Bonchev–Trinajstić information content (AvgIpc) is 3.04. The van der Waals surface area contributed by atoms with Crippen molar-refractivity contribution in [3.05, 3.63) is 35.7 Å². The van der Waals surface area contributed by atoms with Crippen molar-refractivity contribution < 1.29 is 14.1 Å². The van der Waals surface area contributed by atoms with Gasteiger partial charge in [-0.2, -0.15) is 4.98 Å². The van der Waals surface area contributed by atoms with Crippen LogP contribution in [0.3, 0.4) is 0 Å². The van der Waals surface area contributed by atoms with E-state index in [1.165, 1.54) is 0 Å². The molecule has 0 aliphatic carbocycles. The molecule has 0 bridgehead atoms. The molecule has 0 aliphatic rings. The smallest absolute Gasteiger partial charge is 0.315 e. The molecule has 130 valence electrons. The zero-order valence-corrected chi connectivity index (χ0v) is 14.3. The number of nitrogens with one attached hydrogen (secondary N) is 2. The lowest BCUT2D eigenvalue weighted by Crippen LogP contribution is -2.43. The number of amides is 2. The summed E-state index contributed by atoms with van der Waals surface area (Å²) in [6.07, 6.45) is 1.49. The van der Waals surface area contributed by atoms with E-state index in [-0.39, 0.29) is 12.1 Å². The van der Waals surface area contributed by atoms with Crippen LogP contribution in [0.15, 0.2) is 28.8 Å². The largest absolute Gasteiger partial charge is 0.383 e. The summed E-state index contributed by atoms with van der Waals surface area (Å²) < 4.78 is 10.2. The van der Waals surface area contributed by atoms with Gasteiger partial charge in [0.05, 0.1) is 12.6 Å². The Hall–Kier alpha value is -2.41. The van der Waals surface area contributed by atoms with Gasteiger partial charge in [0.2, 0.25) is 0 Å². The van der Waals surface area contributed by atoms with Crippen molar-refractivity contribution in [2.45, 2.75) is 32.7 Å². The summed E-state index contributed by atoms with van der Waals surface area (Å²) in [5, 5.41) is 9.52.